The van der Waals surface area contributed by atoms with Crippen LogP contribution in [0.15, 0.2) is 60.7 Å². The predicted octanol–water partition coefficient (Wildman–Crippen LogP) is 2.22. The minimum Gasteiger partial charge on any atom is -0.496 e. The van der Waals surface area contributed by atoms with Gasteiger partial charge in [0.25, 0.3) is 0 Å². The fourth-order valence-electron chi connectivity index (χ4n) is 2.10. The van der Waals surface area contributed by atoms with Gasteiger partial charge in [0.05, 0.1) is 7.11 Å². The Morgan fingerprint density at radius 1 is 1.07 bits per heavy atom. The number of aliphatic carboxylic acids is 2. The van der Waals surface area contributed by atoms with E-state index in [1.807, 2.05) is 42.5 Å². The molecule has 0 aliphatic heterocycles. The monoisotopic (exact) mass is 382 g/mol. The second kappa shape index (κ2) is 10.2. The number of ether oxygens (including phenoxy) is 1. The minimum atomic E-state index is -0.994. The number of carbonyl (C=O) groups is 2. The highest BCUT2D eigenvalue weighted by Crippen LogP contribution is 2.18. The van der Waals surface area contributed by atoms with Crippen LogP contribution in [0.25, 0.3) is 17.5 Å². The maximum atomic E-state index is 10.4. The first-order valence-corrected chi connectivity index (χ1v) is 8.08. The topological polar surface area (TPSA) is 127 Å². The number of rotatable bonds is 6. The van der Waals surface area contributed by atoms with Crippen molar-refractivity contribution < 1.29 is 24.5 Å². The number of nitrogens with zero attached hydrogens (tertiary/aromatic N) is 4. The summed E-state index contributed by atoms with van der Waals surface area (Å²) in [4.78, 5) is 21.7. The number of hydrogen-bond acceptors (Lipinski definition) is 6. The van der Waals surface area contributed by atoms with Gasteiger partial charge in [-0.05, 0) is 17.4 Å². The zero-order valence-electron chi connectivity index (χ0n) is 15.0. The molecule has 0 saturated carbocycles. The first-order chi connectivity index (χ1) is 13.5. The van der Waals surface area contributed by atoms with Crippen molar-refractivity contribution in [1.82, 2.24) is 20.2 Å². The first kappa shape index (κ1) is 20.3. The summed E-state index contributed by atoms with van der Waals surface area (Å²) in [6.07, 6.45) is 2.58. The Morgan fingerprint density at radius 2 is 1.75 bits per heavy atom. The number of aromatic nitrogens is 4. The summed E-state index contributed by atoms with van der Waals surface area (Å²) in [6, 6.07) is 16.5. The van der Waals surface area contributed by atoms with E-state index in [4.69, 9.17) is 14.9 Å². The molecule has 9 heteroatoms. The fourth-order valence-corrected chi connectivity index (χ4v) is 2.10. The van der Waals surface area contributed by atoms with Gasteiger partial charge in [0.2, 0.25) is 5.82 Å². The van der Waals surface area contributed by atoms with Gasteiger partial charge in [0.1, 0.15) is 5.75 Å². The Labute approximate surface area is 160 Å². The lowest BCUT2D eigenvalue weighted by Crippen LogP contribution is -2.11. The third kappa shape index (κ3) is 6.37. The molecule has 3 rings (SSSR count). The van der Waals surface area contributed by atoms with Gasteiger partial charge in [-0.2, -0.15) is 4.80 Å². The van der Waals surface area contributed by atoms with E-state index in [1.165, 1.54) is 6.08 Å². The van der Waals surface area contributed by atoms with Crippen LogP contribution in [0.2, 0.25) is 0 Å². The fraction of sp³-hybridized carbons (Fsp3) is 0.105. The van der Waals surface area contributed by atoms with E-state index < -0.39 is 11.9 Å². The third-order valence-electron chi connectivity index (χ3n) is 3.31. The Balaban J connectivity index is 0.000000203. The van der Waals surface area contributed by atoms with Gasteiger partial charge in [-0.1, -0.05) is 48.5 Å². The van der Waals surface area contributed by atoms with Crippen LogP contribution in [-0.4, -0.2) is 49.5 Å². The van der Waals surface area contributed by atoms with Crippen molar-refractivity contribution in [1.29, 1.82) is 0 Å². The van der Waals surface area contributed by atoms with Gasteiger partial charge in [-0.15, -0.1) is 10.2 Å². The second-order valence-electron chi connectivity index (χ2n) is 5.32. The van der Waals surface area contributed by atoms with Crippen molar-refractivity contribution in [3.05, 3.63) is 66.2 Å². The SMILES string of the molecule is COc1ccccc1C=CC(=O)O.O=C(O)Cn1nnc(-c2ccccc2)n1. The highest BCUT2D eigenvalue weighted by Gasteiger charge is 2.07. The van der Waals surface area contributed by atoms with Gasteiger partial charge < -0.3 is 14.9 Å². The zero-order valence-corrected chi connectivity index (χ0v) is 15.0. The van der Waals surface area contributed by atoms with Crippen LogP contribution in [0, 0.1) is 0 Å². The molecule has 2 N–H and O–H groups in total. The van der Waals surface area contributed by atoms with Crippen LogP contribution in [0.1, 0.15) is 5.56 Å². The van der Waals surface area contributed by atoms with Crippen molar-refractivity contribution in [3.63, 3.8) is 0 Å². The molecule has 0 atom stereocenters. The van der Waals surface area contributed by atoms with E-state index in [2.05, 4.69) is 15.4 Å². The van der Waals surface area contributed by atoms with Gasteiger partial charge in [0.15, 0.2) is 6.54 Å². The predicted molar refractivity (Wildman–Crippen MR) is 101 cm³/mol. The van der Waals surface area contributed by atoms with Crippen molar-refractivity contribution in [3.8, 4) is 17.1 Å². The summed E-state index contributed by atoms with van der Waals surface area (Å²) in [5.41, 5.74) is 1.57. The molecule has 1 heterocycles. The normalized spacial score (nSPS) is 10.2. The average molecular weight is 382 g/mol. The zero-order chi connectivity index (χ0) is 20.4. The molecule has 0 aliphatic carbocycles. The van der Waals surface area contributed by atoms with Crippen LogP contribution >= 0.6 is 0 Å². The van der Waals surface area contributed by atoms with E-state index in [-0.39, 0.29) is 6.54 Å². The first-order valence-electron chi connectivity index (χ1n) is 8.08. The summed E-state index contributed by atoms with van der Waals surface area (Å²) in [6.45, 7) is -0.278. The van der Waals surface area contributed by atoms with E-state index in [0.717, 1.165) is 22.0 Å². The summed E-state index contributed by atoms with van der Waals surface area (Å²) in [7, 11) is 1.55. The summed E-state index contributed by atoms with van der Waals surface area (Å²) < 4.78 is 5.03. The molecule has 0 radical (unpaired) electrons. The summed E-state index contributed by atoms with van der Waals surface area (Å²) in [5, 5.41) is 28.2. The number of hydrogen-bond donors (Lipinski definition) is 2. The molecule has 9 nitrogen and oxygen atoms in total. The van der Waals surface area contributed by atoms with Crippen LogP contribution in [0.3, 0.4) is 0 Å². The standard InChI is InChI=1S/C10H10O3.C9H8N4O2/c1-13-9-5-3-2-4-8(9)6-7-10(11)12;14-8(15)6-13-11-9(10-12-13)7-4-2-1-3-5-7/h2-7H,1H3,(H,11,12);1-5H,6H2,(H,14,15). The number of carboxylic acids is 2. The minimum absolute atomic E-state index is 0.278. The van der Waals surface area contributed by atoms with Crippen molar-refractivity contribution in [2.24, 2.45) is 0 Å². The maximum absolute atomic E-state index is 10.4. The molecule has 0 fully saturated rings. The molecule has 0 saturated heterocycles. The lowest BCUT2D eigenvalue weighted by Gasteiger charge is -2.02. The molecule has 144 valence electrons. The molecule has 0 aliphatic rings. The summed E-state index contributed by atoms with van der Waals surface area (Å²) in [5.74, 6) is -0.866. The van der Waals surface area contributed by atoms with Gasteiger partial charge in [0, 0.05) is 17.2 Å². The second-order valence-corrected chi connectivity index (χ2v) is 5.32. The quantitative estimate of drug-likeness (QED) is 0.621. The number of methoxy groups -OCH3 is 1. The Morgan fingerprint density at radius 3 is 2.39 bits per heavy atom. The lowest BCUT2D eigenvalue weighted by molar-refractivity contribution is -0.138. The third-order valence-corrected chi connectivity index (χ3v) is 3.31. The molecule has 2 aromatic carbocycles. The van der Waals surface area contributed by atoms with Crippen LogP contribution < -0.4 is 4.74 Å². The molecule has 28 heavy (non-hydrogen) atoms. The van der Waals surface area contributed by atoms with Crippen molar-refractivity contribution in [2.45, 2.75) is 6.54 Å². The molecule has 0 amide bonds. The maximum Gasteiger partial charge on any atom is 0.328 e. The van der Waals surface area contributed by atoms with Crippen LogP contribution in [0.5, 0.6) is 5.75 Å². The number of benzene rings is 2. The van der Waals surface area contributed by atoms with Gasteiger partial charge in [-0.3, -0.25) is 4.79 Å². The summed E-state index contributed by atoms with van der Waals surface area (Å²) >= 11 is 0. The van der Waals surface area contributed by atoms with E-state index in [1.54, 1.807) is 19.2 Å². The Bertz CT molecular complexity index is 954. The van der Waals surface area contributed by atoms with Crippen molar-refractivity contribution in [2.75, 3.05) is 7.11 Å². The van der Waals surface area contributed by atoms with Crippen molar-refractivity contribution >= 4 is 18.0 Å². The molecule has 0 spiro atoms. The van der Waals surface area contributed by atoms with E-state index >= 15 is 0 Å². The van der Waals surface area contributed by atoms with E-state index in [0.29, 0.717) is 11.6 Å². The Kier molecular flexibility index (Phi) is 7.41. The van der Waals surface area contributed by atoms with Crippen LogP contribution in [-0.2, 0) is 16.1 Å². The van der Waals surface area contributed by atoms with Gasteiger partial charge >= 0.3 is 11.9 Å². The van der Waals surface area contributed by atoms with E-state index in [9.17, 15) is 9.59 Å². The molecule has 1 aromatic heterocycles. The molecular formula is C19H18N4O5. The largest absolute Gasteiger partial charge is 0.496 e. The molecule has 3 aromatic rings. The van der Waals surface area contributed by atoms with Crippen LogP contribution in [0.4, 0.5) is 0 Å². The van der Waals surface area contributed by atoms with Gasteiger partial charge in [-0.25, -0.2) is 4.79 Å². The number of para-hydroxylation sites is 1. The highest BCUT2D eigenvalue weighted by molar-refractivity contribution is 5.85. The average Bonchev–Trinajstić information content (AvgIpc) is 3.15. The molecular weight excluding hydrogens is 364 g/mol. The lowest BCUT2D eigenvalue weighted by atomic mass is 10.2. The molecule has 0 bridgehead atoms. The smallest absolute Gasteiger partial charge is 0.328 e. The molecule has 0 unspecified atom stereocenters. The number of carboxylic acid groups (broad SMARTS) is 2. The number of tetrazole rings is 1. The highest BCUT2D eigenvalue weighted by atomic mass is 16.5. The Hall–Kier alpha value is -4.01.